The van der Waals surface area contributed by atoms with Crippen LogP contribution in [0.15, 0.2) is 23.1 Å². The summed E-state index contributed by atoms with van der Waals surface area (Å²) in [6.07, 6.45) is 0.211. The number of carbonyl (C=O) groups is 1. The zero-order chi connectivity index (χ0) is 14.5. The molecule has 106 valence electrons. The van der Waals surface area contributed by atoms with Crippen molar-refractivity contribution in [2.24, 2.45) is 0 Å². The van der Waals surface area contributed by atoms with Crippen LogP contribution in [0, 0.1) is 13.8 Å². The highest BCUT2D eigenvalue weighted by Gasteiger charge is 2.17. The van der Waals surface area contributed by atoms with E-state index in [4.69, 9.17) is 0 Å². The molecule has 0 aliphatic heterocycles. The molecule has 1 amide bonds. The summed E-state index contributed by atoms with van der Waals surface area (Å²) in [6.45, 7) is 5.74. The Labute approximate surface area is 119 Å². The van der Waals surface area contributed by atoms with Crippen LogP contribution in [0.1, 0.15) is 24.5 Å². The Balaban J connectivity index is 2.75. The maximum absolute atomic E-state index is 12.0. The molecule has 0 saturated heterocycles. The molecule has 1 aromatic carbocycles. The summed E-state index contributed by atoms with van der Waals surface area (Å²) in [6, 6.07) is 4.83. The highest BCUT2D eigenvalue weighted by molar-refractivity contribution is 7.99. The minimum Gasteiger partial charge on any atom is -0.274 e. The Morgan fingerprint density at radius 1 is 1.26 bits per heavy atom. The third-order valence-corrected chi connectivity index (χ3v) is 4.99. The second kappa shape index (κ2) is 6.96. The molecule has 0 radical (unpaired) electrons. The predicted octanol–water partition coefficient (Wildman–Crippen LogP) is 2.25. The molecular weight excluding hydrogens is 282 g/mol. The van der Waals surface area contributed by atoms with Crippen molar-refractivity contribution >= 4 is 27.7 Å². The lowest BCUT2D eigenvalue weighted by Crippen LogP contribution is -2.30. The fourth-order valence-electron chi connectivity index (χ4n) is 1.45. The van der Waals surface area contributed by atoms with Crippen molar-refractivity contribution < 1.29 is 13.2 Å². The molecule has 0 aliphatic carbocycles. The van der Waals surface area contributed by atoms with Crippen molar-refractivity contribution in [1.82, 2.24) is 4.72 Å². The standard InChI is InChI=1S/C13H19NO3S2/c1-4-18-8-7-13(15)14-19(16,17)12-6-5-10(2)11(3)9-12/h5-6,9H,4,7-8H2,1-3H3,(H,14,15). The van der Waals surface area contributed by atoms with Crippen molar-refractivity contribution in [2.45, 2.75) is 32.1 Å². The van der Waals surface area contributed by atoms with Gasteiger partial charge < -0.3 is 0 Å². The van der Waals surface area contributed by atoms with Crippen LogP contribution in [0.2, 0.25) is 0 Å². The summed E-state index contributed by atoms with van der Waals surface area (Å²) in [5.74, 6) is 1.08. The van der Waals surface area contributed by atoms with Crippen molar-refractivity contribution in [3.63, 3.8) is 0 Å². The van der Waals surface area contributed by atoms with E-state index in [0.717, 1.165) is 16.9 Å². The molecule has 0 unspecified atom stereocenters. The quantitative estimate of drug-likeness (QED) is 0.819. The number of carbonyl (C=O) groups excluding carboxylic acids is 1. The van der Waals surface area contributed by atoms with Gasteiger partial charge in [0.15, 0.2) is 0 Å². The lowest BCUT2D eigenvalue weighted by atomic mass is 10.1. The fraction of sp³-hybridized carbons (Fsp3) is 0.462. The molecule has 0 aliphatic rings. The largest absolute Gasteiger partial charge is 0.274 e. The van der Waals surface area contributed by atoms with Crippen molar-refractivity contribution in [3.05, 3.63) is 29.3 Å². The number of hydrogen-bond acceptors (Lipinski definition) is 4. The van der Waals surface area contributed by atoms with Gasteiger partial charge in [-0.2, -0.15) is 11.8 Å². The van der Waals surface area contributed by atoms with Gasteiger partial charge in [-0.05, 0) is 42.9 Å². The first-order valence-electron chi connectivity index (χ1n) is 6.07. The van der Waals surface area contributed by atoms with Gasteiger partial charge in [0.2, 0.25) is 5.91 Å². The number of amides is 1. The predicted molar refractivity (Wildman–Crippen MR) is 78.9 cm³/mol. The number of benzene rings is 1. The van der Waals surface area contributed by atoms with Crippen LogP contribution in [-0.4, -0.2) is 25.8 Å². The highest BCUT2D eigenvalue weighted by atomic mass is 32.2. The molecule has 1 aromatic rings. The Morgan fingerprint density at radius 3 is 2.53 bits per heavy atom. The number of sulfonamides is 1. The molecule has 1 rings (SSSR count). The molecule has 1 N–H and O–H groups in total. The van der Waals surface area contributed by atoms with E-state index < -0.39 is 15.9 Å². The number of rotatable bonds is 6. The number of aryl methyl sites for hydroxylation is 2. The van der Waals surface area contributed by atoms with Crippen LogP contribution in [-0.2, 0) is 14.8 Å². The minimum absolute atomic E-state index is 0.132. The maximum Gasteiger partial charge on any atom is 0.264 e. The van der Waals surface area contributed by atoms with Gasteiger partial charge in [-0.15, -0.1) is 0 Å². The SMILES string of the molecule is CCSCCC(=O)NS(=O)(=O)c1ccc(C)c(C)c1. The number of hydrogen-bond donors (Lipinski definition) is 1. The van der Waals surface area contributed by atoms with E-state index in [2.05, 4.69) is 4.72 Å². The van der Waals surface area contributed by atoms with Crippen molar-refractivity contribution in [3.8, 4) is 0 Å². The van der Waals surface area contributed by atoms with Crippen LogP contribution in [0.3, 0.4) is 0 Å². The van der Waals surface area contributed by atoms with Gasteiger partial charge in [0, 0.05) is 12.2 Å². The summed E-state index contributed by atoms with van der Waals surface area (Å²) < 4.78 is 26.1. The fourth-order valence-corrected chi connectivity index (χ4v) is 3.17. The first kappa shape index (κ1) is 16.0. The van der Waals surface area contributed by atoms with Crippen LogP contribution in [0.5, 0.6) is 0 Å². The van der Waals surface area contributed by atoms with E-state index in [1.807, 2.05) is 20.8 Å². The van der Waals surface area contributed by atoms with Crippen molar-refractivity contribution in [1.29, 1.82) is 0 Å². The first-order valence-corrected chi connectivity index (χ1v) is 8.71. The smallest absolute Gasteiger partial charge is 0.264 e. The lowest BCUT2D eigenvalue weighted by Gasteiger charge is -2.08. The maximum atomic E-state index is 12.0. The zero-order valence-corrected chi connectivity index (χ0v) is 13.0. The summed E-state index contributed by atoms with van der Waals surface area (Å²) in [5.41, 5.74) is 1.90. The summed E-state index contributed by atoms with van der Waals surface area (Å²) >= 11 is 1.61. The zero-order valence-electron chi connectivity index (χ0n) is 11.4. The van der Waals surface area contributed by atoms with Gasteiger partial charge in [-0.1, -0.05) is 13.0 Å². The Hall–Kier alpha value is -1.01. The van der Waals surface area contributed by atoms with E-state index in [-0.39, 0.29) is 11.3 Å². The Bertz CT molecular complexity index is 553. The van der Waals surface area contributed by atoms with E-state index in [9.17, 15) is 13.2 Å². The van der Waals surface area contributed by atoms with Gasteiger partial charge in [-0.25, -0.2) is 13.1 Å². The van der Waals surface area contributed by atoms with Crippen molar-refractivity contribution in [2.75, 3.05) is 11.5 Å². The van der Waals surface area contributed by atoms with E-state index in [0.29, 0.717) is 5.75 Å². The van der Waals surface area contributed by atoms with Crippen LogP contribution in [0.4, 0.5) is 0 Å². The lowest BCUT2D eigenvalue weighted by molar-refractivity contribution is -0.118. The molecular formula is C13H19NO3S2. The summed E-state index contributed by atoms with van der Waals surface area (Å²) in [5, 5.41) is 0. The average Bonchev–Trinajstić information content (AvgIpc) is 2.32. The van der Waals surface area contributed by atoms with Gasteiger partial charge in [0.25, 0.3) is 10.0 Å². The molecule has 6 heteroatoms. The molecule has 0 saturated carbocycles. The molecule has 0 atom stereocenters. The number of nitrogens with one attached hydrogen (secondary N) is 1. The molecule has 0 fully saturated rings. The topological polar surface area (TPSA) is 63.2 Å². The molecule has 0 spiro atoms. The highest BCUT2D eigenvalue weighted by Crippen LogP contribution is 2.14. The molecule has 0 bridgehead atoms. The minimum atomic E-state index is -3.74. The monoisotopic (exact) mass is 301 g/mol. The van der Waals surface area contributed by atoms with Crippen LogP contribution < -0.4 is 4.72 Å². The Morgan fingerprint density at radius 2 is 1.95 bits per heavy atom. The normalized spacial score (nSPS) is 11.3. The second-order valence-corrected chi connectivity index (χ2v) is 7.30. The molecule has 0 heterocycles. The third kappa shape index (κ3) is 4.87. The van der Waals surface area contributed by atoms with Gasteiger partial charge in [-0.3, -0.25) is 4.79 Å². The number of thioether (sulfide) groups is 1. The molecule has 0 aromatic heterocycles. The molecule has 19 heavy (non-hydrogen) atoms. The molecule has 4 nitrogen and oxygen atoms in total. The van der Waals surface area contributed by atoms with Crippen LogP contribution in [0.25, 0.3) is 0 Å². The Kier molecular flexibility index (Phi) is 5.87. The summed E-state index contributed by atoms with van der Waals surface area (Å²) in [7, 11) is -3.74. The van der Waals surface area contributed by atoms with Gasteiger partial charge in [0.1, 0.15) is 0 Å². The average molecular weight is 301 g/mol. The van der Waals surface area contributed by atoms with Gasteiger partial charge >= 0.3 is 0 Å². The van der Waals surface area contributed by atoms with E-state index >= 15 is 0 Å². The van der Waals surface area contributed by atoms with E-state index in [1.165, 1.54) is 6.07 Å². The van der Waals surface area contributed by atoms with E-state index in [1.54, 1.807) is 23.9 Å². The third-order valence-electron chi connectivity index (χ3n) is 2.71. The second-order valence-electron chi connectivity index (χ2n) is 4.22. The van der Waals surface area contributed by atoms with Crippen LogP contribution >= 0.6 is 11.8 Å². The first-order chi connectivity index (χ1) is 8.86. The summed E-state index contributed by atoms with van der Waals surface area (Å²) in [4.78, 5) is 11.7. The van der Waals surface area contributed by atoms with Gasteiger partial charge in [0.05, 0.1) is 4.90 Å².